The highest BCUT2D eigenvalue weighted by Gasteiger charge is 2.10. The van der Waals surface area contributed by atoms with Gasteiger partial charge >= 0.3 is 0 Å². The number of ether oxygens (including phenoxy) is 1. The van der Waals surface area contributed by atoms with Crippen LogP contribution in [-0.2, 0) is 6.61 Å². The third-order valence-electron chi connectivity index (χ3n) is 3.32. The Kier molecular flexibility index (Phi) is 5.21. The highest BCUT2D eigenvalue weighted by Crippen LogP contribution is 2.27. The maximum absolute atomic E-state index is 8.83. The molecular weight excluding hydrogens is 284 g/mol. The van der Waals surface area contributed by atoms with Gasteiger partial charge < -0.3 is 10.5 Å². The van der Waals surface area contributed by atoms with E-state index in [1.54, 1.807) is 12.1 Å². The first-order valence-electron chi connectivity index (χ1n) is 6.81. The molecule has 0 aliphatic rings. The molecule has 0 aliphatic carbocycles. The van der Waals surface area contributed by atoms with Crippen LogP contribution in [0.15, 0.2) is 42.5 Å². The number of para-hydroxylation sites is 1. The van der Waals surface area contributed by atoms with Crippen LogP contribution < -0.4 is 10.5 Å². The van der Waals surface area contributed by atoms with Crippen LogP contribution in [0.1, 0.15) is 36.1 Å². The second kappa shape index (κ2) is 7.12. The Morgan fingerprint density at radius 1 is 1.29 bits per heavy atom. The Labute approximate surface area is 129 Å². The molecule has 0 aromatic heterocycles. The molecule has 0 heterocycles. The smallest absolute Gasteiger partial charge is 0.124 e. The summed E-state index contributed by atoms with van der Waals surface area (Å²) in [6, 6.07) is 14.9. The van der Waals surface area contributed by atoms with E-state index in [-0.39, 0.29) is 6.04 Å². The second-order valence-corrected chi connectivity index (χ2v) is 5.17. The van der Waals surface area contributed by atoms with Crippen LogP contribution in [0.4, 0.5) is 0 Å². The SMILES string of the molecule is CC[C@H](N)c1ccccc1OCc1ccc(C#N)cc1Cl. The van der Waals surface area contributed by atoms with E-state index < -0.39 is 0 Å². The van der Waals surface area contributed by atoms with Gasteiger partial charge in [0, 0.05) is 22.2 Å². The summed E-state index contributed by atoms with van der Waals surface area (Å²) in [6.45, 7) is 2.39. The number of benzene rings is 2. The Balaban J connectivity index is 2.16. The van der Waals surface area contributed by atoms with Crippen LogP contribution >= 0.6 is 11.6 Å². The predicted octanol–water partition coefficient (Wildman–Crippen LogP) is 4.20. The average molecular weight is 301 g/mol. The predicted molar refractivity (Wildman–Crippen MR) is 84.2 cm³/mol. The van der Waals surface area contributed by atoms with Gasteiger partial charge in [0.25, 0.3) is 0 Å². The number of hydrogen-bond acceptors (Lipinski definition) is 3. The van der Waals surface area contributed by atoms with Crippen molar-refractivity contribution in [1.29, 1.82) is 5.26 Å². The van der Waals surface area contributed by atoms with E-state index in [1.807, 2.05) is 37.3 Å². The summed E-state index contributed by atoms with van der Waals surface area (Å²) >= 11 is 6.15. The van der Waals surface area contributed by atoms with Gasteiger partial charge in [0.2, 0.25) is 0 Å². The first-order chi connectivity index (χ1) is 10.2. The molecular formula is C17H17ClN2O. The van der Waals surface area contributed by atoms with Gasteiger partial charge in [0.1, 0.15) is 12.4 Å². The molecule has 2 aromatic carbocycles. The fourth-order valence-electron chi connectivity index (χ4n) is 2.03. The first kappa shape index (κ1) is 15.4. The molecule has 0 fully saturated rings. The second-order valence-electron chi connectivity index (χ2n) is 4.76. The zero-order valence-corrected chi connectivity index (χ0v) is 12.6. The normalized spacial score (nSPS) is 11.7. The van der Waals surface area contributed by atoms with E-state index in [0.717, 1.165) is 23.3 Å². The van der Waals surface area contributed by atoms with Crippen molar-refractivity contribution in [1.82, 2.24) is 0 Å². The van der Waals surface area contributed by atoms with Crippen LogP contribution in [0, 0.1) is 11.3 Å². The lowest BCUT2D eigenvalue weighted by Crippen LogP contribution is -2.10. The quantitative estimate of drug-likeness (QED) is 0.900. The molecule has 2 rings (SSSR count). The van der Waals surface area contributed by atoms with Crippen molar-refractivity contribution in [3.05, 3.63) is 64.2 Å². The minimum Gasteiger partial charge on any atom is -0.489 e. The molecule has 3 nitrogen and oxygen atoms in total. The minimum atomic E-state index is -0.0439. The fourth-order valence-corrected chi connectivity index (χ4v) is 2.26. The summed E-state index contributed by atoms with van der Waals surface area (Å²) in [5.41, 5.74) is 8.46. The van der Waals surface area contributed by atoms with Crippen molar-refractivity contribution >= 4 is 11.6 Å². The van der Waals surface area contributed by atoms with Crippen molar-refractivity contribution in [2.24, 2.45) is 5.73 Å². The summed E-state index contributed by atoms with van der Waals surface area (Å²) in [6.07, 6.45) is 0.845. The molecule has 0 spiro atoms. The Hall–Kier alpha value is -2.02. The summed E-state index contributed by atoms with van der Waals surface area (Å²) in [5, 5.41) is 9.37. The highest BCUT2D eigenvalue weighted by molar-refractivity contribution is 6.31. The Morgan fingerprint density at radius 3 is 2.71 bits per heavy atom. The van der Waals surface area contributed by atoms with Crippen molar-refractivity contribution in [3.63, 3.8) is 0 Å². The third kappa shape index (κ3) is 3.75. The summed E-state index contributed by atoms with van der Waals surface area (Å²) in [5.74, 6) is 0.771. The van der Waals surface area contributed by atoms with E-state index in [4.69, 9.17) is 27.3 Å². The van der Waals surface area contributed by atoms with E-state index in [1.165, 1.54) is 0 Å². The highest BCUT2D eigenvalue weighted by atomic mass is 35.5. The number of hydrogen-bond donors (Lipinski definition) is 1. The summed E-state index contributed by atoms with van der Waals surface area (Å²) in [7, 11) is 0. The van der Waals surface area contributed by atoms with Gasteiger partial charge in [-0.3, -0.25) is 0 Å². The standard InChI is InChI=1S/C17H17ClN2O/c1-2-16(20)14-5-3-4-6-17(14)21-11-13-8-7-12(10-19)9-15(13)18/h3-9,16H,2,11,20H2,1H3/t16-/m0/s1. The van der Waals surface area contributed by atoms with E-state index >= 15 is 0 Å². The van der Waals surface area contributed by atoms with Crippen molar-refractivity contribution in [2.45, 2.75) is 26.0 Å². The molecule has 0 bridgehead atoms. The van der Waals surface area contributed by atoms with Crippen LogP contribution in [0.25, 0.3) is 0 Å². The van der Waals surface area contributed by atoms with Gasteiger partial charge in [-0.1, -0.05) is 42.8 Å². The lowest BCUT2D eigenvalue weighted by molar-refractivity contribution is 0.301. The minimum absolute atomic E-state index is 0.0439. The number of halogens is 1. The van der Waals surface area contributed by atoms with E-state index in [0.29, 0.717) is 17.2 Å². The molecule has 2 aromatic rings. The maximum atomic E-state index is 8.83. The van der Waals surface area contributed by atoms with Crippen LogP contribution in [0.5, 0.6) is 5.75 Å². The Bertz CT molecular complexity index is 664. The number of nitrogens with zero attached hydrogens (tertiary/aromatic N) is 1. The third-order valence-corrected chi connectivity index (χ3v) is 3.68. The van der Waals surface area contributed by atoms with Gasteiger partial charge in [-0.25, -0.2) is 0 Å². The molecule has 108 valence electrons. The fraction of sp³-hybridized carbons (Fsp3) is 0.235. The molecule has 4 heteroatoms. The molecule has 21 heavy (non-hydrogen) atoms. The first-order valence-corrected chi connectivity index (χ1v) is 7.19. The van der Waals surface area contributed by atoms with Gasteiger partial charge in [-0.05, 0) is 24.6 Å². The van der Waals surface area contributed by atoms with Crippen molar-refractivity contribution < 1.29 is 4.74 Å². The van der Waals surface area contributed by atoms with Gasteiger partial charge in [0.05, 0.1) is 11.6 Å². The van der Waals surface area contributed by atoms with E-state index in [2.05, 4.69) is 6.07 Å². The molecule has 2 N–H and O–H groups in total. The van der Waals surface area contributed by atoms with Crippen LogP contribution in [0.2, 0.25) is 5.02 Å². The van der Waals surface area contributed by atoms with E-state index in [9.17, 15) is 0 Å². The van der Waals surface area contributed by atoms with Gasteiger partial charge in [0.15, 0.2) is 0 Å². The number of nitriles is 1. The molecule has 1 atom stereocenters. The molecule has 0 aliphatic heterocycles. The topological polar surface area (TPSA) is 59.0 Å². The van der Waals surface area contributed by atoms with Gasteiger partial charge in [-0.15, -0.1) is 0 Å². The molecule has 0 saturated carbocycles. The Morgan fingerprint density at radius 2 is 2.05 bits per heavy atom. The summed E-state index contributed by atoms with van der Waals surface area (Å²) in [4.78, 5) is 0. The molecule has 0 amide bonds. The van der Waals surface area contributed by atoms with Crippen molar-refractivity contribution in [3.8, 4) is 11.8 Å². The van der Waals surface area contributed by atoms with Crippen LogP contribution in [0.3, 0.4) is 0 Å². The zero-order chi connectivity index (χ0) is 15.2. The molecule has 0 unspecified atom stereocenters. The molecule has 0 radical (unpaired) electrons. The largest absolute Gasteiger partial charge is 0.489 e. The zero-order valence-electron chi connectivity index (χ0n) is 11.8. The maximum Gasteiger partial charge on any atom is 0.124 e. The van der Waals surface area contributed by atoms with Gasteiger partial charge in [-0.2, -0.15) is 5.26 Å². The van der Waals surface area contributed by atoms with Crippen molar-refractivity contribution in [2.75, 3.05) is 0 Å². The number of rotatable bonds is 5. The lowest BCUT2D eigenvalue weighted by atomic mass is 10.0. The number of nitrogens with two attached hydrogens (primary N) is 1. The lowest BCUT2D eigenvalue weighted by Gasteiger charge is -2.16. The molecule has 0 saturated heterocycles. The monoisotopic (exact) mass is 300 g/mol. The summed E-state index contributed by atoms with van der Waals surface area (Å²) < 4.78 is 5.85. The average Bonchev–Trinajstić information content (AvgIpc) is 2.53. The van der Waals surface area contributed by atoms with Crippen LogP contribution in [-0.4, -0.2) is 0 Å².